The van der Waals surface area contributed by atoms with Crippen molar-refractivity contribution in [2.24, 2.45) is 0 Å². The van der Waals surface area contributed by atoms with Gasteiger partial charge in [0.2, 0.25) is 0 Å². The van der Waals surface area contributed by atoms with Crippen molar-refractivity contribution < 1.29 is 13.9 Å². The number of hydrogen-bond acceptors (Lipinski definition) is 2. The van der Waals surface area contributed by atoms with E-state index in [1.807, 2.05) is 25.1 Å². The van der Waals surface area contributed by atoms with E-state index in [1.165, 1.54) is 17.2 Å². The summed E-state index contributed by atoms with van der Waals surface area (Å²) < 4.78 is 19.4. The molecule has 3 nitrogen and oxygen atoms in total. The van der Waals surface area contributed by atoms with E-state index in [0.717, 1.165) is 6.42 Å². The van der Waals surface area contributed by atoms with Crippen LogP contribution in [0, 0.1) is 5.82 Å². The van der Waals surface area contributed by atoms with E-state index in [0.29, 0.717) is 19.5 Å². The molecule has 0 bridgehead atoms. The Kier molecular flexibility index (Phi) is 4.60. The molecule has 0 aromatic heterocycles. The van der Waals surface area contributed by atoms with Crippen LogP contribution in [0.25, 0.3) is 0 Å². The first-order valence-electron chi connectivity index (χ1n) is 7.95. The summed E-state index contributed by atoms with van der Waals surface area (Å²) in [6, 6.07) is 14.4. The average Bonchev–Trinajstić information content (AvgIpc) is 2.60. The first-order chi connectivity index (χ1) is 11.2. The molecule has 23 heavy (non-hydrogen) atoms. The Labute approximate surface area is 135 Å². The molecule has 1 aliphatic rings. The first kappa shape index (κ1) is 15.5. The second kappa shape index (κ2) is 6.82. The molecule has 0 saturated carbocycles. The van der Waals surface area contributed by atoms with Gasteiger partial charge in [0, 0.05) is 13.1 Å². The van der Waals surface area contributed by atoms with Crippen LogP contribution in [0.3, 0.4) is 0 Å². The molecule has 4 heteroatoms. The van der Waals surface area contributed by atoms with Gasteiger partial charge < -0.3 is 9.64 Å². The highest BCUT2D eigenvalue weighted by molar-refractivity contribution is 5.81. The Morgan fingerprint density at radius 3 is 2.61 bits per heavy atom. The van der Waals surface area contributed by atoms with Gasteiger partial charge in [-0.1, -0.05) is 43.3 Å². The molecular weight excluding hydrogens is 293 g/mol. The molecule has 1 amide bonds. The zero-order valence-electron chi connectivity index (χ0n) is 13.2. The van der Waals surface area contributed by atoms with Crippen LogP contribution < -0.4 is 4.74 Å². The van der Waals surface area contributed by atoms with Gasteiger partial charge in [-0.05, 0) is 36.1 Å². The number of nitrogens with zero attached hydrogens (tertiary/aromatic N) is 1. The Hall–Kier alpha value is -2.36. The van der Waals surface area contributed by atoms with Gasteiger partial charge in [0.05, 0.1) is 0 Å². The van der Waals surface area contributed by atoms with Gasteiger partial charge in [-0.3, -0.25) is 4.79 Å². The SMILES string of the molecule is CCC(Oc1ccccc1F)C(=O)N1CCc2ccccc2C1. The van der Waals surface area contributed by atoms with Gasteiger partial charge in [0.15, 0.2) is 17.7 Å². The third-order valence-corrected chi connectivity index (χ3v) is 4.19. The van der Waals surface area contributed by atoms with Crippen LogP contribution in [-0.2, 0) is 17.8 Å². The van der Waals surface area contributed by atoms with Crippen LogP contribution >= 0.6 is 0 Å². The summed E-state index contributed by atoms with van der Waals surface area (Å²) in [4.78, 5) is 14.5. The number of amides is 1. The Morgan fingerprint density at radius 1 is 1.17 bits per heavy atom. The lowest BCUT2D eigenvalue weighted by atomic mass is 9.99. The molecule has 0 N–H and O–H groups in total. The maximum Gasteiger partial charge on any atom is 0.263 e. The number of carbonyl (C=O) groups excluding carboxylic acids is 1. The third kappa shape index (κ3) is 3.36. The van der Waals surface area contributed by atoms with E-state index in [-0.39, 0.29) is 11.7 Å². The highest BCUT2D eigenvalue weighted by Gasteiger charge is 2.28. The van der Waals surface area contributed by atoms with E-state index in [2.05, 4.69) is 6.07 Å². The summed E-state index contributed by atoms with van der Waals surface area (Å²) in [7, 11) is 0. The quantitative estimate of drug-likeness (QED) is 0.863. The largest absolute Gasteiger partial charge is 0.478 e. The third-order valence-electron chi connectivity index (χ3n) is 4.19. The molecule has 0 saturated heterocycles. The number of para-hydroxylation sites is 1. The van der Waals surface area contributed by atoms with E-state index in [1.54, 1.807) is 23.1 Å². The zero-order chi connectivity index (χ0) is 16.2. The number of fused-ring (bicyclic) bond motifs is 1. The lowest BCUT2D eigenvalue weighted by molar-refractivity contribution is -0.139. The summed E-state index contributed by atoms with van der Waals surface area (Å²) in [5, 5.41) is 0. The topological polar surface area (TPSA) is 29.5 Å². The number of benzene rings is 2. The molecule has 0 radical (unpaired) electrons. The smallest absolute Gasteiger partial charge is 0.263 e. The van der Waals surface area contributed by atoms with Crippen molar-refractivity contribution in [3.05, 3.63) is 65.5 Å². The predicted octanol–water partition coefficient (Wildman–Crippen LogP) is 3.57. The van der Waals surface area contributed by atoms with Crippen molar-refractivity contribution in [1.82, 2.24) is 4.90 Å². The summed E-state index contributed by atoms with van der Waals surface area (Å²) >= 11 is 0. The average molecular weight is 313 g/mol. The van der Waals surface area contributed by atoms with Gasteiger partial charge in [-0.15, -0.1) is 0 Å². The first-order valence-corrected chi connectivity index (χ1v) is 7.95. The van der Waals surface area contributed by atoms with Crippen LogP contribution in [0.2, 0.25) is 0 Å². The normalized spacial score (nSPS) is 15.0. The molecule has 0 aliphatic carbocycles. The second-order valence-corrected chi connectivity index (χ2v) is 5.72. The summed E-state index contributed by atoms with van der Waals surface area (Å²) in [5.41, 5.74) is 2.47. The lowest BCUT2D eigenvalue weighted by Gasteiger charge is -2.31. The summed E-state index contributed by atoms with van der Waals surface area (Å²) in [6.45, 7) is 3.14. The van der Waals surface area contributed by atoms with Crippen molar-refractivity contribution in [2.45, 2.75) is 32.4 Å². The maximum atomic E-state index is 13.7. The molecule has 0 spiro atoms. The van der Waals surface area contributed by atoms with Crippen LogP contribution in [0.5, 0.6) is 5.75 Å². The monoisotopic (exact) mass is 313 g/mol. The maximum absolute atomic E-state index is 13.7. The van der Waals surface area contributed by atoms with Crippen molar-refractivity contribution >= 4 is 5.91 Å². The molecule has 1 aliphatic heterocycles. The minimum atomic E-state index is -0.655. The van der Waals surface area contributed by atoms with Crippen molar-refractivity contribution in [2.75, 3.05) is 6.54 Å². The number of rotatable bonds is 4. The van der Waals surface area contributed by atoms with E-state index >= 15 is 0 Å². The molecule has 2 aromatic rings. The fraction of sp³-hybridized carbons (Fsp3) is 0.316. The van der Waals surface area contributed by atoms with Crippen molar-refractivity contribution in [3.63, 3.8) is 0 Å². The van der Waals surface area contributed by atoms with Gasteiger partial charge in [0.1, 0.15) is 0 Å². The summed E-state index contributed by atoms with van der Waals surface area (Å²) in [5.74, 6) is -0.391. The second-order valence-electron chi connectivity index (χ2n) is 5.72. The van der Waals surface area contributed by atoms with Crippen LogP contribution in [0.15, 0.2) is 48.5 Å². The number of halogens is 1. The fourth-order valence-electron chi connectivity index (χ4n) is 2.89. The molecule has 0 fully saturated rings. The Bertz CT molecular complexity index is 701. The highest BCUT2D eigenvalue weighted by atomic mass is 19.1. The van der Waals surface area contributed by atoms with Crippen LogP contribution in [0.1, 0.15) is 24.5 Å². The van der Waals surface area contributed by atoms with Crippen molar-refractivity contribution in [1.29, 1.82) is 0 Å². The minimum Gasteiger partial charge on any atom is -0.478 e. The predicted molar refractivity (Wildman–Crippen MR) is 86.7 cm³/mol. The van der Waals surface area contributed by atoms with E-state index in [9.17, 15) is 9.18 Å². The van der Waals surface area contributed by atoms with Gasteiger partial charge >= 0.3 is 0 Å². The zero-order valence-corrected chi connectivity index (χ0v) is 13.2. The van der Waals surface area contributed by atoms with Gasteiger partial charge in [-0.2, -0.15) is 0 Å². The Morgan fingerprint density at radius 2 is 1.87 bits per heavy atom. The highest BCUT2D eigenvalue weighted by Crippen LogP contribution is 2.22. The number of carbonyl (C=O) groups is 1. The van der Waals surface area contributed by atoms with Gasteiger partial charge in [-0.25, -0.2) is 4.39 Å². The molecule has 1 heterocycles. The molecule has 1 atom stereocenters. The molecule has 1 unspecified atom stereocenters. The number of ether oxygens (including phenoxy) is 1. The molecular formula is C19H20FNO2. The molecule has 2 aromatic carbocycles. The molecule has 3 rings (SSSR count). The van der Waals surface area contributed by atoms with E-state index in [4.69, 9.17) is 4.74 Å². The lowest BCUT2D eigenvalue weighted by Crippen LogP contribution is -2.44. The standard InChI is InChI=1S/C19H20FNO2/c1-2-17(23-18-10-6-5-9-16(18)20)19(22)21-12-11-14-7-3-4-8-15(14)13-21/h3-10,17H,2,11-13H2,1H3. The van der Waals surface area contributed by atoms with Crippen LogP contribution in [-0.4, -0.2) is 23.5 Å². The Balaban J connectivity index is 1.72. The summed E-state index contributed by atoms with van der Waals surface area (Å²) in [6.07, 6.45) is 0.695. The number of hydrogen-bond donors (Lipinski definition) is 0. The van der Waals surface area contributed by atoms with Crippen molar-refractivity contribution in [3.8, 4) is 5.75 Å². The van der Waals surface area contributed by atoms with E-state index < -0.39 is 11.9 Å². The fourth-order valence-corrected chi connectivity index (χ4v) is 2.89. The minimum absolute atomic E-state index is 0.0785. The van der Waals surface area contributed by atoms with Gasteiger partial charge in [0.25, 0.3) is 5.91 Å². The van der Waals surface area contributed by atoms with Crippen LogP contribution in [0.4, 0.5) is 4.39 Å². The molecule has 120 valence electrons.